The molecule has 3 aromatic carbocycles. The largest absolute Gasteiger partial charge is 0.459 e. The van der Waals surface area contributed by atoms with Crippen molar-refractivity contribution >= 4 is 17.7 Å². The lowest BCUT2D eigenvalue weighted by molar-refractivity contribution is -0.254. The average molecular weight is 819 g/mol. The first kappa shape index (κ1) is 44.1. The van der Waals surface area contributed by atoms with Gasteiger partial charge in [-0.05, 0) is 104 Å². The molecule has 0 bridgehead atoms. The third-order valence-electron chi connectivity index (χ3n) is 11.8. The lowest BCUT2D eigenvalue weighted by Crippen LogP contribution is -2.70. The van der Waals surface area contributed by atoms with Gasteiger partial charge in [0.15, 0.2) is 0 Å². The van der Waals surface area contributed by atoms with Gasteiger partial charge < -0.3 is 39.5 Å². The lowest BCUT2D eigenvalue weighted by Gasteiger charge is -2.60. The van der Waals surface area contributed by atoms with Crippen LogP contribution in [0.5, 0.6) is 11.5 Å². The molecule has 1 aliphatic heterocycles. The lowest BCUT2D eigenvalue weighted by atomic mass is 9.55. The third kappa shape index (κ3) is 9.76. The van der Waals surface area contributed by atoms with E-state index < -0.39 is 23.8 Å². The standard InChI is InChI=1S/C48H58N4O8/c1-4-24-52(46(55)35-20-18-33(31-49)19-21-35)43-30-41(51-58-32-34-14-8-7-9-15-34)39-28-36(16-10-12-25-53)38(17-11-13-26-54)44-40-29-37(59-47(56)50-6-3)22-23-42(40)60-48(43,45(39)44)57-27-5-2/h5,7-9,14-15,18-23,28-29,36,38,43-45,53-54H,2,4,6,10-13,16-17,24-27,30,32H2,1,3H3,(H,50,56)/t36-,38+,43-,44+,45+,48+/m0/s1. The predicted octanol–water partition coefficient (Wildman–Crippen LogP) is 8.05. The van der Waals surface area contributed by atoms with Crippen molar-refractivity contribution in [3.63, 3.8) is 0 Å². The topological polar surface area (TPSA) is 163 Å². The van der Waals surface area contributed by atoms with E-state index in [0.29, 0.717) is 60.7 Å². The van der Waals surface area contributed by atoms with Crippen LogP contribution >= 0.6 is 0 Å². The highest BCUT2D eigenvalue weighted by Crippen LogP contribution is 2.62. The first-order valence-corrected chi connectivity index (χ1v) is 21.3. The van der Waals surface area contributed by atoms with Crippen molar-refractivity contribution in [1.29, 1.82) is 5.26 Å². The van der Waals surface area contributed by atoms with E-state index in [2.05, 4.69) is 24.0 Å². The molecule has 0 spiro atoms. The maximum absolute atomic E-state index is 14.9. The number of benzene rings is 3. The van der Waals surface area contributed by atoms with Gasteiger partial charge in [-0.1, -0.05) is 67.4 Å². The van der Waals surface area contributed by atoms with Gasteiger partial charge >= 0.3 is 6.09 Å². The molecular weight excluding hydrogens is 761 g/mol. The van der Waals surface area contributed by atoms with Crippen LogP contribution in [0.25, 0.3) is 0 Å². The number of carbonyl (C=O) groups excluding carboxylic acids is 2. The Labute approximate surface area is 353 Å². The molecule has 2 amide bonds. The van der Waals surface area contributed by atoms with Crippen LogP contribution in [0.15, 0.2) is 102 Å². The van der Waals surface area contributed by atoms with Gasteiger partial charge in [0.1, 0.15) is 24.1 Å². The van der Waals surface area contributed by atoms with Crippen LogP contribution in [0.1, 0.15) is 98.2 Å². The number of amides is 2. The quantitative estimate of drug-likeness (QED) is 0.0582. The number of allylic oxidation sites excluding steroid dienone is 1. The summed E-state index contributed by atoms with van der Waals surface area (Å²) in [6.45, 7) is 9.15. The zero-order valence-corrected chi connectivity index (χ0v) is 34.8. The van der Waals surface area contributed by atoms with Crippen LogP contribution in [0, 0.1) is 29.1 Å². The first-order chi connectivity index (χ1) is 29.3. The van der Waals surface area contributed by atoms with Crippen molar-refractivity contribution in [2.75, 3.05) is 32.9 Å². The molecular formula is C48H58N4O8. The van der Waals surface area contributed by atoms with Crippen molar-refractivity contribution in [2.24, 2.45) is 22.9 Å². The second-order valence-corrected chi connectivity index (χ2v) is 15.6. The van der Waals surface area contributed by atoms with Crippen LogP contribution in [0.3, 0.4) is 0 Å². The number of fused-ring (bicyclic) bond motifs is 2. The highest BCUT2D eigenvalue weighted by molar-refractivity contribution is 6.03. The minimum atomic E-state index is -1.44. The molecule has 60 heavy (non-hydrogen) atoms. The monoisotopic (exact) mass is 818 g/mol. The summed E-state index contributed by atoms with van der Waals surface area (Å²) in [5.41, 5.74) is 4.26. The van der Waals surface area contributed by atoms with Gasteiger partial charge in [0, 0.05) is 49.8 Å². The number of nitrogens with zero attached hydrogens (tertiary/aromatic N) is 3. The minimum Gasteiger partial charge on any atom is -0.459 e. The van der Waals surface area contributed by atoms with Gasteiger partial charge in [0.05, 0.1) is 29.9 Å². The number of carbonyl (C=O) groups is 2. The Morgan fingerprint density at radius 3 is 2.47 bits per heavy atom. The molecule has 3 aromatic rings. The maximum atomic E-state index is 14.9. The summed E-state index contributed by atoms with van der Waals surface area (Å²) in [4.78, 5) is 35.6. The van der Waals surface area contributed by atoms with Crippen LogP contribution in [0.2, 0.25) is 0 Å². The zero-order chi connectivity index (χ0) is 42.5. The summed E-state index contributed by atoms with van der Waals surface area (Å²) < 4.78 is 20.1. The molecule has 1 fully saturated rings. The molecule has 0 radical (unpaired) electrons. The van der Waals surface area contributed by atoms with Crippen LogP contribution < -0.4 is 14.8 Å². The van der Waals surface area contributed by atoms with Gasteiger partial charge in [-0.3, -0.25) is 4.79 Å². The summed E-state index contributed by atoms with van der Waals surface area (Å²) in [6, 6.07) is 23.3. The van der Waals surface area contributed by atoms with Crippen LogP contribution in [-0.2, 0) is 16.2 Å². The van der Waals surface area contributed by atoms with E-state index in [-0.39, 0.29) is 56.5 Å². The SMILES string of the molecule is C=CCO[C@@]12Oc3ccc(OC(=O)NCC)cc3[C@H]3[C@H](CCCCO)[C@@H](CCCCO)C=C(C(=NOCc4ccccc4)C[C@@H]1N(CCC)C(=O)c1ccc(C#N)cc1)[C@H]32. The molecule has 1 heterocycles. The van der Waals surface area contributed by atoms with E-state index in [1.54, 1.807) is 36.4 Å². The Kier molecular flexibility index (Phi) is 15.5. The average Bonchev–Trinajstić information content (AvgIpc) is 3.26. The number of hydrogen-bond acceptors (Lipinski definition) is 10. The Balaban J connectivity index is 1.59. The van der Waals surface area contributed by atoms with Crippen molar-refractivity contribution in [2.45, 2.75) is 89.6 Å². The summed E-state index contributed by atoms with van der Waals surface area (Å²) in [5, 5.41) is 36.9. The molecule has 3 aliphatic rings. The Morgan fingerprint density at radius 2 is 1.78 bits per heavy atom. The molecule has 2 aliphatic carbocycles. The number of nitrogens with one attached hydrogen (secondary N) is 1. The fraction of sp³-hybridized carbons (Fsp3) is 0.458. The van der Waals surface area contributed by atoms with Gasteiger partial charge in [-0.25, -0.2) is 4.79 Å². The number of hydrogen-bond donors (Lipinski definition) is 3. The van der Waals surface area contributed by atoms with Crippen molar-refractivity contribution in [3.05, 3.63) is 119 Å². The van der Waals surface area contributed by atoms with Crippen molar-refractivity contribution < 1.29 is 38.9 Å². The van der Waals surface area contributed by atoms with Gasteiger partial charge in [0.25, 0.3) is 5.91 Å². The van der Waals surface area contributed by atoms with E-state index in [1.165, 1.54) is 0 Å². The summed E-state index contributed by atoms with van der Waals surface area (Å²) in [7, 11) is 0. The number of ether oxygens (including phenoxy) is 3. The fourth-order valence-corrected chi connectivity index (χ4v) is 9.25. The van der Waals surface area contributed by atoms with E-state index >= 15 is 0 Å². The normalized spacial score (nSPS) is 23.2. The van der Waals surface area contributed by atoms with E-state index in [9.17, 15) is 25.1 Å². The summed E-state index contributed by atoms with van der Waals surface area (Å²) >= 11 is 0. The fourth-order valence-electron chi connectivity index (χ4n) is 9.25. The van der Waals surface area contributed by atoms with Gasteiger partial charge in [-0.2, -0.15) is 5.26 Å². The highest BCUT2D eigenvalue weighted by Gasteiger charge is 2.65. The van der Waals surface area contributed by atoms with Crippen molar-refractivity contribution in [3.8, 4) is 17.6 Å². The second-order valence-electron chi connectivity index (χ2n) is 15.6. The Morgan fingerprint density at radius 1 is 1.03 bits per heavy atom. The molecule has 0 unspecified atom stereocenters. The van der Waals surface area contributed by atoms with E-state index in [0.717, 1.165) is 42.4 Å². The third-order valence-corrected chi connectivity index (χ3v) is 11.8. The van der Waals surface area contributed by atoms with Crippen LogP contribution in [-0.4, -0.2) is 77.6 Å². The first-order valence-electron chi connectivity index (χ1n) is 21.3. The summed E-state index contributed by atoms with van der Waals surface area (Å²) in [6.07, 6.45) is 8.69. The molecule has 0 saturated heterocycles. The van der Waals surface area contributed by atoms with Crippen molar-refractivity contribution in [1.82, 2.24) is 10.2 Å². The Hall–Kier alpha value is -5.48. The molecule has 3 N–H and O–H groups in total. The molecule has 1 saturated carbocycles. The zero-order valence-electron chi connectivity index (χ0n) is 34.8. The number of oxime groups is 1. The number of aliphatic hydroxyl groups is 2. The molecule has 12 heteroatoms. The molecule has 0 aromatic heterocycles. The van der Waals surface area contributed by atoms with E-state index in [1.807, 2.05) is 61.2 Å². The number of nitriles is 1. The maximum Gasteiger partial charge on any atom is 0.412 e. The number of rotatable bonds is 20. The van der Waals surface area contributed by atoms with E-state index in [4.69, 9.17) is 24.2 Å². The second kappa shape index (κ2) is 21.2. The number of unbranched alkanes of at least 4 members (excludes halogenated alkanes) is 2. The predicted molar refractivity (Wildman–Crippen MR) is 228 cm³/mol. The van der Waals surface area contributed by atoms with Gasteiger partial charge in [0.2, 0.25) is 5.79 Å². The summed E-state index contributed by atoms with van der Waals surface area (Å²) in [5.74, 6) is -1.55. The Bertz CT molecular complexity index is 2030. The minimum absolute atomic E-state index is 0.00263. The molecule has 12 nitrogen and oxygen atoms in total. The molecule has 6 rings (SSSR count). The van der Waals surface area contributed by atoms with Crippen LogP contribution in [0.4, 0.5) is 4.79 Å². The highest BCUT2D eigenvalue weighted by atomic mass is 16.7. The van der Waals surface area contributed by atoms with Gasteiger partial charge in [-0.15, -0.1) is 6.58 Å². The molecule has 318 valence electrons. The molecule has 6 atom stereocenters. The smallest absolute Gasteiger partial charge is 0.412 e. The number of aliphatic hydroxyl groups excluding tert-OH is 2.